The summed E-state index contributed by atoms with van der Waals surface area (Å²) in [5, 5.41) is 0. The molecule has 1 aliphatic carbocycles. The highest BCUT2D eigenvalue weighted by molar-refractivity contribution is 5.22. The van der Waals surface area contributed by atoms with Crippen LogP contribution >= 0.6 is 0 Å². The number of likely N-dealkylation sites (tertiary alicyclic amines) is 1. The molecule has 0 aromatic heterocycles. The van der Waals surface area contributed by atoms with Crippen LogP contribution in [0.3, 0.4) is 0 Å². The molecule has 1 aromatic carbocycles. The molecule has 2 fully saturated rings. The van der Waals surface area contributed by atoms with Gasteiger partial charge in [0.05, 0.1) is 0 Å². The second-order valence-corrected chi connectivity index (χ2v) is 5.56. The van der Waals surface area contributed by atoms with Crippen LogP contribution in [-0.4, -0.2) is 30.6 Å². The molecule has 0 spiro atoms. The predicted octanol–water partition coefficient (Wildman–Crippen LogP) is 3.08. The zero-order valence-corrected chi connectivity index (χ0v) is 10.6. The standard InChI is InChI=1S/C15H20FNO/c16-13-5-7-14(8-6-13)18-15-10-17(11-15)9-12-3-1-2-4-12/h5-8,12,15H,1-4,9-11H2. The summed E-state index contributed by atoms with van der Waals surface area (Å²) < 4.78 is 18.5. The van der Waals surface area contributed by atoms with Crippen molar-refractivity contribution in [2.24, 2.45) is 5.92 Å². The molecule has 98 valence electrons. The van der Waals surface area contributed by atoms with Gasteiger partial charge in [0.25, 0.3) is 0 Å². The van der Waals surface area contributed by atoms with E-state index in [9.17, 15) is 4.39 Å². The second-order valence-electron chi connectivity index (χ2n) is 5.56. The second kappa shape index (κ2) is 5.27. The maximum absolute atomic E-state index is 12.7. The zero-order chi connectivity index (χ0) is 12.4. The number of benzene rings is 1. The molecule has 0 unspecified atom stereocenters. The minimum atomic E-state index is -0.209. The van der Waals surface area contributed by atoms with Crippen LogP contribution in [0.15, 0.2) is 24.3 Å². The molecular formula is C15H20FNO. The maximum atomic E-state index is 12.7. The van der Waals surface area contributed by atoms with Gasteiger partial charge < -0.3 is 4.74 Å². The Kier molecular flexibility index (Phi) is 3.50. The van der Waals surface area contributed by atoms with Gasteiger partial charge >= 0.3 is 0 Å². The molecule has 18 heavy (non-hydrogen) atoms. The zero-order valence-electron chi connectivity index (χ0n) is 10.6. The van der Waals surface area contributed by atoms with Crippen molar-refractivity contribution in [2.75, 3.05) is 19.6 Å². The van der Waals surface area contributed by atoms with E-state index in [0.717, 1.165) is 24.8 Å². The van der Waals surface area contributed by atoms with Crippen LogP contribution in [0.25, 0.3) is 0 Å². The predicted molar refractivity (Wildman–Crippen MR) is 69.2 cm³/mol. The van der Waals surface area contributed by atoms with Crippen molar-refractivity contribution in [1.82, 2.24) is 4.90 Å². The average molecular weight is 249 g/mol. The van der Waals surface area contributed by atoms with Crippen LogP contribution in [0.1, 0.15) is 25.7 Å². The van der Waals surface area contributed by atoms with E-state index in [-0.39, 0.29) is 11.9 Å². The van der Waals surface area contributed by atoms with E-state index in [2.05, 4.69) is 4.90 Å². The molecule has 3 heteroatoms. The van der Waals surface area contributed by atoms with Crippen LogP contribution in [0.4, 0.5) is 4.39 Å². The lowest BCUT2D eigenvalue weighted by atomic mass is 10.0. The first-order valence-corrected chi connectivity index (χ1v) is 6.94. The van der Waals surface area contributed by atoms with Gasteiger partial charge in [-0.2, -0.15) is 0 Å². The smallest absolute Gasteiger partial charge is 0.124 e. The molecule has 0 amide bonds. The van der Waals surface area contributed by atoms with Crippen molar-refractivity contribution in [3.63, 3.8) is 0 Å². The summed E-state index contributed by atoms with van der Waals surface area (Å²) in [6.07, 6.45) is 5.92. The Morgan fingerprint density at radius 1 is 1.11 bits per heavy atom. The first-order valence-electron chi connectivity index (χ1n) is 6.94. The fourth-order valence-corrected chi connectivity index (χ4v) is 3.01. The van der Waals surface area contributed by atoms with Crippen LogP contribution in [0.2, 0.25) is 0 Å². The Hall–Kier alpha value is -1.09. The number of rotatable bonds is 4. The van der Waals surface area contributed by atoms with Crippen LogP contribution < -0.4 is 4.74 Å². The van der Waals surface area contributed by atoms with Crippen molar-refractivity contribution in [3.05, 3.63) is 30.1 Å². The molecular weight excluding hydrogens is 229 g/mol. The van der Waals surface area contributed by atoms with E-state index in [1.165, 1.54) is 44.4 Å². The van der Waals surface area contributed by atoms with E-state index in [4.69, 9.17) is 4.74 Å². The number of hydrogen-bond acceptors (Lipinski definition) is 2. The molecule has 1 heterocycles. The summed E-state index contributed by atoms with van der Waals surface area (Å²) in [6, 6.07) is 6.30. The fraction of sp³-hybridized carbons (Fsp3) is 0.600. The van der Waals surface area contributed by atoms with Gasteiger partial charge in [0.2, 0.25) is 0 Å². The summed E-state index contributed by atoms with van der Waals surface area (Å²) >= 11 is 0. The molecule has 1 aliphatic heterocycles. The Morgan fingerprint density at radius 2 is 1.78 bits per heavy atom. The Morgan fingerprint density at radius 3 is 2.44 bits per heavy atom. The quantitative estimate of drug-likeness (QED) is 0.813. The average Bonchev–Trinajstić information content (AvgIpc) is 2.82. The largest absolute Gasteiger partial charge is 0.488 e. The molecule has 0 N–H and O–H groups in total. The third-order valence-electron chi connectivity index (χ3n) is 4.03. The summed E-state index contributed by atoms with van der Waals surface area (Å²) in [6.45, 7) is 3.28. The lowest BCUT2D eigenvalue weighted by Gasteiger charge is -2.40. The first kappa shape index (κ1) is 12.0. The van der Waals surface area contributed by atoms with E-state index in [1.54, 1.807) is 12.1 Å². The number of hydrogen-bond donors (Lipinski definition) is 0. The third kappa shape index (κ3) is 2.83. The number of ether oxygens (including phenoxy) is 1. The van der Waals surface area contributed by atoms with Gasteiger partial charge in [-0.3, -0.25) is 4.90 Å². The molecule has 1 saturated heterocycles. The van der Waals surface area contributed by atoms with Gasteiger partial charge in [-0.05, 0) is 43.0 Å². The SMILES string of the molecule is Fc1ccc(OC2CN(CC3CCCC3)C2)cc1. The van der Waals surface area contributed by atoms with Crippen molar-refractivity contribution >= 4 is 0 Å². The lowest BCUT2D eigenvalue weighted by molar-refractivity contribution is 0.0107. The Balaban J connectivity index is 1.40. The Labute approximate surface area is 108 Å². The normalized spacial score (nSPS) is 22.1. The van der Waals surface area contributed by atoms with Gasteiger partial charge in [0.1, 0.15) is 17.7 Å². The third-order valence-corrected chi connectivity index (χ3v) is 4.03. The summed E-state index contributed by atoms with van der Waals surface area (Å²) in [4.78, 5) is 2.48. The van der Waals surface area contributed by atoms with Crippen molar-refractivity contribution in [2.45, 2.75) is 31.8 Å². The van der Waals surface area contributed by atoms with Gasteiger partial charge in [0, 0.05) is 19.6 Å². The highest BCUT2D eigenvalue weighted by atomic mass is 19.1. The van der Waals surface area contributed by atoms with Crippen molar-refractivity contribution < 1.29 is 9.13 Å². The first-order chi connectivity index (χ1) is 8.79. The van der Waals surface area contributed by atoms with Crippen molar-refractivity contribution in [3.8, 4) is 5.75 Å². The van der Waals surface area contributed by atoms with Gasteiger partial charge in [-0.1, -0.05) is 12.8 Å². The minimum Gasteiger partial charge on any atom is -0.488 e. The Bertz CT molecular complexity index is 380. The highest BCUT2D eigenvalue weighted by Gasteiger charge is 2.30. The van der Waals surface area contributed by atoms with E-state index in [1.807, 2.05) is 0 Å². The maximum Gasteiger partial charge on any atom is 0.124 e. The monoisotopic (exact) mass is 249 g/mol. The fourth-order valence-electron chi connectivity index (χ4n) is 3.01. The van der Waals surface area contributed by atoms with Crippen LogP contribution in [0.5, 0.6) is 5.75 Å². The molecule has 1 aromatic rings. The minimum absolute atomic E-state index is 0.209. The van der Waals surface area contributed by atoms with Crippen molar-refractivity contribution in [1.29, 1.82) is 0 Å². The lowest BCUT2D eigenvalue weighted by Crippen LogP contribution is -2.54. The summed E-state index contributed by atoms with van der Waals surface area (Å²) in [5.74, 6) is 1.48. The molecule has 0 atom stereocenters. The van der Waals surface area contributed by atoms with E-state index < -0.39 is 0 Å². The van der Waals surface area contributed by atoms with Crippen LogP contribution in [-0.2, 0) is 0 Å². The molecule has 3 rings (SSSR count). The van der Waals surface area contributed by atoms with Gasteiger partial charge in [-0.25, -0.2) is 4.39 Å². The molecule has 2 nitrogen and oxygen atoms in total. The molecule has 0 radical (unpaired) electrons. The molecule has 0 bridgehead atoms. The van der Waals surface area contributed by atoms with Gasteiger partial charge in [-0.15, -0.1) is 0 Å². The van der Waals surface area contributed by atoms with E-state index in [0.29, 0.717) is 0 Å². The topological polar surface area (TPSA) is 12.5 Å². The van der Waals surface area contributed by atoms with Crippen LogP contribution in [0, 0.1) is 11.7 Å². The van der Waals surface area contributed by atoms with E-state index >= 15 is 0 Å². The van der Waals surface area contributed by atoms with Gasteiger partial charge in [0.15, 0.2) is 0 Å². The summed E-state index contributed by atoms with van der Waals surface area (Å²) in [7, 11) is 0. The number of halogens is 1. The molecule has 1 saturated carbocycles. The molecule has 2 aliphatic rings. The summed E-state index contributed by atoms with van der Waals surface area (Å²) in [5.41, 5.74) is 0. The highest BCUT2D eigenvalue weighted by Crippen LogP contribution is 2.27. The number of nitrogens with zero attached hydrogens (tertiary/aromatic N) is 1.